The molecular weight excluding hydrogens is 230 g/mol. The topological polar surface area (TPSA) is 64.9 Å². The summed E-state index contributed by atoms with van der Waals surface area (Å²) >= 11 is 0. The number of para-hydroxylation sites is 1. The average Bonchev–Trinajstić information content (AvgIpc) is 3.00. The molecule has 2 aromatic rings. The normalized spacial score (nSPS) is 23.2. The van der Waals surface area contributed by atoms with Gasteiger partial charge in [-0.25, -0.2) is 0 Å². The Bertz CT molecular complexity index is 518. The van der Waals surface area contributed by atoms with E-state index in [1.54, 1.807) is 4.68 Å². The molecule has 1 aromatic carbocycles. The van der Waals surface area contributed by atoms with Crippen molar-refractivity contribution in [3.63, 3.8) is 0 Å². The van der Waals surface area contributed by atoms with Gasteiger partial charge < -0.3 is 10.1 Å². The van der Waals surface area contributed by atoms with Gasteiger partial charge in [0.15, 0.2) is 0 Å². The fourth-order valence-corrected chi connectivity index (χ4v) is 2.04. The molecule has 0 aliphatic carbocycles. The Hall–Kier alpha value is -1.95. The second kappa shape index (κ2) is 4.38. The number of nitrogens with one attached hydrogen (secondary N) is 1. The van der Waals surface area contributed by atoms with Crippen LogP contribution >= 0.6 is 0 Å². The molecule has 0 radical (unpaired) electrons. The predicted octanol–water partition coefficient (Wildman–Crippen LogP) is 1.25. The van der Waals surface area contributed by atoms with Crippen molar-refractivity contribution in [2.24, 2.45) is 0 Å². The van der Waals surface area contributed by atoms with E-state index in [2.05, 4.69) is 27.8 Å². The van der Waals surface area contributed by atoms with Crippen molar-refractivity contribution in [1.82, 2.24) is 20.2 Å². The predicted molar refractivity (Wildman–Crippen MR) is 66.6 cm³/mol. The Labute approximate surface area is 105 Å². The molecule has 1 N–H and O–H groups in total. The van der Waals surface area contributed by atoms with Gasteiger partial charge in [0.25, 0.3) is 0 Å². The Morgan fingerprint density at radius 3 is 2.89 bits per heavy atom. The molecule has 3 rings (SSSR count). The molecule has 6 heteroatoms. The van der Waals surface area contributed by atoms with Gasteiger partial charge in [0, 0.05) is 6.61 Å². The van der Waals surface area contributed by atoms with Crippen LogP contribution in [0.25, 0.3) is 5.69 Å². The minimum atomic E-state index is -0.0960. The van der Waals surface area contributed by atoms with Crippen molar-refractivity contribution >= 4 is 5.95 Å². The molecule has 0 bridgehead atoms. The first-order valence-electron chi connectivity index (χ1n) is 5.97. The first-order valence-corrected chi connectivity index (χ1v) is 5.97. The third-order valence-corrected chi connectivity index (χ3v) is 3.10. The highest BCUT2D eigenvalue weighted by atomic mass is 16.5. The summed E-state index contributed by atoms with van der Waals surface area (Å²) in [6.45, 7) is 3.56. The lowest BCUT2D eigenvalue weighted by Crippen LogP contribution is -2.36. The second-order valence-corrected chi connectivity index (χ2v) is 4.74. The summed E-state index contributed by atoms with van der Waals surface area (Å²) < 4.78 is 7.11. The number of aromatic nitrogens is 4. The van der Waals surface area contributed by atoms with E-state index in [1.807, 2.05) is 30.3 Å². The second-order valence-electron chi connectivity index (χ2n) is 4.74. The van der Waals surface area contributed by atoms with Crippen LogP contribution in [0, 0.1) is 0 Å². The van der Waals surface area contributed by atoms with Crippen molar-refractivity contribution in [2.75, 3.05) is 18.5 Å². The van der Waals surface area contributed by atoms with E-state index in [0.29, 0.717) is 12.6 Å². The van der Waals surface area contributed by atoms with Crippen LogP contribution < -0.4 is 5.32 Å². The smallest absolute Gasteiger partial charge is 0.248 e. The Morgan fingerprint density at radius 2 is 2.17 bits per heavy atom. The number of anilines is 1. The molecule has 6 nitrogen and oxygen atoms in total. The Morgan fingerprint density at radius 1 is 1.33 bits per heavy atom. The molecule has 18 heavy (non-hydrogen) atoms. The highest BCUT2D eigenvalue weighted by Crippen LogP contribution is 2.23. The first-order chi connectivity index (χ1) is 8.77. The van der Waals surface area contributed by atoms with E-state index in [-0.39, 0.29) is 5.54 Å². The van der Waals surface area contributed by atoms with Crippen molar-refractivity contribution in [2.45, 2.75) is 18.9 Å². The Balaban J connectivity index is 1.88. The van der Waals surface area contributed by atoms with Crippen LogP contribution in [0.4, 0.5) is 5.95 Å². The molecule has 1 unspecified atom stereocenters. The molecule has 2 heterocycles. The number of hydrogen-bond acceptors (Lipinski definition) is 5. The highest BCUT2D eigenvalue weighted by Gasteiger charge is 2.31. The zero-order valence-electron chi connectivity index (χ0n) is 10.2. The van der Waals surface area contributed by atoms with Crippen molar-refractivity contribution in [1.29, 1.82) is 0 Å². The van der Waals surface area contributed by atoms with E-state index in [4.69, 9.17) is 4.74 Å². The van der Waals surface area contributed by atoms with Crippen LogP contribution in [-0.4, -0.2) is 39.0 Å². The minimum Gasteiger partial charge on any atom is -0.379 e. The lowest BCUT2D eigenvalue weighted by Gasteiger charge is -2.23. The molecule has 0 spiro atoms. The zero-order chi connectivity index (χ0) is 12.4. The summed E-state index contributed by atoms with van der Waals surface area (Å²) in [6, 6.07) is 9.82. The van der Waals surface area contributed by atoms with Gasteiger partial charge in [-0.15, -0.1) is 0 Å². The molecule has 1 aromatic heterocycles. The van der Waals surface area contributed by atoms with Gasteiger partial charge in [-0.3, -0.25) is 0 Å². The lowest BCUT2D eigenvalue weighted by molar-refractivity contribution is 0.185. The third kappa shape index (κ3) is 2.06. The van der Waals surface area contributed by atoms with E-state index in [9.17, 15) is 0 Å². The van der Waals surface area contributed by atoms with Gasteiger partial charge in [0.2, 0.25) is 5.95 Å². The maximum absolute atomic E-state index is 5.41. The maximum Gasteiger partial charge on any atom is 0.248 e. The quantitative estimate of drug-likeness (QED) is 0.881. The summed E-state index contributed by atoms with van der Waals surface area (Å²) in [6.07, 6.45) is 0.953. The molecule has 1 aliphatic rings. The molecule has 94 valence electrons. The lowest BCUT2D eigenvalue weighted by atomic mass is 10.0. The minimum absolute atomic E-state index is 0.0960. The molecule has 1 saturated heterocycles. The fraction of sp³-hybridized carbons (Fsp3) is 0.417. The fourth-order valence-electron chi connectivity index (χ4n) is 2.04. The Kier molecular flexibility index (Phi) is 2.71. The SMILES string of the molecule is CC1(Nc2nnnn2-c2ccccc2)CCOC1. The largest absolute Gasteiger partial charge is 0.379 e. The molecule has 0 amide bonds. The molecule has 1 aliphatic heterocycles. The summed E-state index contributed by atoms with van der Waals surface area (Å²) in [4.78, 5) is 0. The maximum atomic E-state index is 5.41. The number of rotatable bonds is 3. The number of nitrogens with zero attached hydrogens (tertiary/aromatic N) is 4. The number of tetrazole rings is 1. The number of hydrogen-bond donors (Lipinski definition) is 1. The van der Waals surface area contributed by atoms with Crippen molar-refractivity contribution < 1.29 is 4.74 Å². The van der Waals surface area contributed by atoms with Crippen molar-refractivity contribution in [3.8, 4) is 5.69 Å². The van der Waals surface area contributed by atoms with Gasteiger partial charge in [-0.05, 0) is 35.9 Å². The van der Waals surface area contributed by atoms with Crippen LogP contribution in [0.5, 0.6) is 0 Å². The molecule has 1 fully saturated rings. The third-order valence-electron chi connectivity index (χ3n) is 3.10. The molecular formula is C12H15N5O. The van der Waals surface area contributed by atoms with E-state index >= 15 is 0 Å². The summed E-state index contributed by atoms with van der Waals surface area (Å²) in [5, 5.41) is 15.1. The van der Waals surface area contributed by atoms with Crippen LogP contribution in [-0.2, 0) is 4.74 Å². The van der Waals surface area contributed by atoms with Crippen LogP contribution in [0.2, 0.25) is 0 Å². The van der Waals surface area contributed by atoms with Gasteiger partial charge in [0.1, 0.15) is 0 Å². The summed E-state index contributed by atoms with van der Waals surface area (Å²) in [5.41, 5.74) is 0.842. The zero-order valence-corrected chi connectivity index (χ0v) is 10.2. The summed E-state index contributed by atoms with van der Waals surface area (Å²) in [5.74, 6) is 0.647. The van der Waals surface area contributed by atoms with Gasteiger partial charge in [-0.2, -0.15) is 4.68 Å². The van der Waals surface area contributed by atoms with Crippen molar-refractivity contribution in [3.05, 3.63) is 30.3 Å². The van der Waals surface area contributed by atoms with E-state index in [1.165, 1.54) is 0 Å². The van der Waals surface area contributed by atoms with Crippen LogP contribution in [0.3, 0.4) is 0 Å². The number of ether oxygens (including phenoxy) is 1. The van der Waals surface area contributed by atoms with Gasteiger partial charge >= 0.3 is 0 Å². The molecule has 0 saturated carbocycles. The highest BCUT2D eigenvalue weighted by molar-refractivity contribution is 5.40. The average molecular weight is 245 g/mol. The van der Waals surface area contributed by atoms with E-state index in [0.717, 1.165) is 18.7 Å². The van der Waals surface area contributed by atoms with Crippen LogP contribution in [0.15, 0.2) is 30.3 Å². The van der Waals surface area contributed by atoms with E-state index < -0.39 is 0 Å². The van der Waals surface area contributed by atoms with Crippen LogP contribution in [0.1, 0.15) is 13.3 Å². The first kappa shape index (κ1) is 11.2. The summed E-state index contributed by atoms with van der Waals surface area (Å²) in [7, 11) is 0. The van der Waals surface area contributed by atoms with Gasteiger partial charge in [0.05, 0.1) is 17.8 Å². The van der Waals surface area contributed by atoms with Gasteiger partial charge in [-0.1, -0.05) is 23.3 Å². The molecule has 1 atom stereocenters. The monoisotopic (exact) mass is 245 g/mol. The number of benzene rings is 1. The standard InChI is InChI=1S/C12H15N5O/c1-12(7-8-18-9-12)13-11-14-15-16-17(11)10-5-3-2-4-6-10/h2-6H,7-9H2,1H3,(H,13,14,16).